The van der Waals surface area contributed by atoms with E-state index in [1.807, 2.05) is 34.6 Å². The van der Waals surface area contributed by atoms with E-state index in [0.717, 1.165) is 6.42 Å². The van der Waals surface area contributed by atoms with Crippen LogP contribution in [0.2, 0.25) is 0 Å². The summed E-state index contributed by atoms with van der Waals surface area (Å²) in [6, 6.07) is 3.31. The summed E-state index contributed by atoms with van der Waals surface area (Å²) in [5.74, 6) is -1.28. The van der Waals surface area contributed by atoms with Gasteiger partial charge in [-0.25, -0.2) is 9.59 Å². The molecule has 0 aromatic heterocycles. The molecule has 1 unspecified atom stereocenters. The van der Waals surface area contributed by atoms with Crippen molar-refractivity contribution in [2.75, 3.05) is 19.8 Å². The van der Waals surface area contributed by atoms with E-state index in [-0.39, 0.29) is 61.5 Å². The highest BCUT2D eigenvalue weighted by Crippen LogP contribution is 2.30. The Morgan fingerprint density at radius 1 is 0.769 bits per heavy atom. The average Bonchev–Trinajstić information content (AvgIpc) is 2.86. The van der Waals surface area contributed by atoms with Crippen molar-refractivity contribution in [1.82, 2.24) is 0 Å². The van der Waals surface area contributed by atoms with Crippen molar-refractivity contribution in [3.8, 4) is 11.5 Å². The van der Waals surface area contributed by atoms with E-state index in [1.165, 1.54) is 12.1 Å². The minimum atomic E-state index is -1.06. The summed E-state index contributed by atoms with van der Waals surface area (Å²) in [6.07, 6.45) is -0.985. The summed E-state index contributed by atoms with van der Waals surface area (Å²) < 4.78 is 31.1. The first-order chi connectivity index (χ1) is 18.3. The number of carbonyl (C=O) groups is 4. The van der Waals surface area contributed by atoms with Gasteiger partial charge in [0.2, 0.25) is 0 Å². The van der Waals surface area contributed by atoms with Crippen LogP contribution in [0.25, 0.3) is 0 Å². The molecule has 0 aliphatic carbocycles. The van der Waals surface area contributed by atoms with Gasteiger partial charge in [-0.3, -0.25) is 9.59 Å². The summed E-state index contributed by atoms with van der Waals surface area (Å²) >= 11 is 0. The van der Waals surface area contributed by atoms with Crippen LogP contribution in [0.5, 0.6) is 11.5 Å². The predicted molar refractivity (Wildman–Crippen MR) is 142 cm³/mol. The molecule has 0 heterocycles. The molecule has 0 spiro atoms. The van der Waals surface area contributed by atoms with E-state index in [2.05, 4.69) is 0 Å². The third kappa shape index (κ3) is 13.9. The smallest absolute Gasteiger partial charge is 0.461 e. The monoisotopic (exact) mass is 553 g/mol. The lowest BCUT2D eigenvalue weighted by Crippen LogP contribution is -2.36. The zero-order valence-corrected chi connectivity index (χ0v) is 24.0. The Labute approximate surface area is 230 Å². The normalized spacial score (nSPS) is 13.3. The van der Waals surface area contributed by atoms with Gasteiger partial charge in [0.05, 0.1) is 19.1 Å². The van der Waals surface area contributed by atoms with Crippen LogP contribution >= 0.6 is 0 Å². The van der Waals surface area contributed by atoms with Crippen LogP contribution in [0, 0.1) is 17.8 Å². The third-order valence-electron chi connectivity index (χ3n) is 5.12. The van der Waals surface area contributed by atoms with Gasteiger partial charge in [0.25, 0.3) is 0 Å². The molecule has 1 aromatic rings. The molecule has 0 fully saturated rings. The Balaban J connectivity index is 2.84. The number of hydrogen-bond acceptors (Lipinski definition) is 11. The highest BCUT2D eigenvalue weighted by atomic mass is 16.7. The van der Waals surface area contributed by atoms with E-state index >= 15 is 0 Å². The molecule has 1 rings (SSSR count). The molecule has 0 saturated carbocycles. The van der Waals surface area contributed by atoms with Gasteiger partial charge in [-0.2, -0.15) is 0 Å². The van der Waals surface area contributed by atoms with Crippen LogP contribution in [0.1, 0.15) is 66.9 Å². The Hall–Kier alpha value is -3.34. The van der Waals surface area contributed by atoms with Gasteiger partial charge < -0.3 is 34.2 Å². The van der Waals surface area contributed by atoms with Crippen molar-refractivity contribution in [3.05, 3.63) is 23.8 Å². The SMILES string of the molecule is CCCC(C)C(=O)O[C@@H](C)COC(=O)[C@@H](N)Cc1ccc(OC(=O)OCC(C)C)c(OC(=O)OCC(C)C)c1. The molecule has 11 nitrogen and oxygen atoms in total. The zero-order chi connectivity index (χ0) is 29.5. The lowest BCUT2D eigenvalue weighted by Gasteiger charge is -2.18. The second-order valence-electron chi connectivity index (χ2n) is 10.3. The second-order valence-corrected chi connectivity index (χ2v) is 10.3. The standard InChI is InChI=1S/C28H43NO10/c1-8-9-19(6)25(30)37-20(7)16-34-26(31)22(29)12-21-10-11-23(38-27(32)35-14-17(2)3)24(13-21)39-28(33)36-15-18(4)5/h10-11,13,17-20,22H,8-9,12,14-16,29H2,1-7H3/t19?,20-,22-/m0/s1. The molecular formula is C28H43NO10. The van der Waals surface area contributed by atoms with E-state index in [4.69, 9.17) is 34.2 Å². The number of rotatable bonds is 15. The van der Waals surface area contributed by atoms with E-state index in [9.17, 15) is 19.2 Å². The maximum Gasteiger partial charge on any atom is 0.513 e. The van der Waals surface area contributed by atoms with E-state index in [1.54, 1.807) is 19.9 Å². The Morgan fingerprint density at radius 2 is 1.33 bits per heavy atom. The fourth-order valence-corrected chi connectivity index (χ4v) is 3.09. The summed E-state index contributed by atoms with van der Waals surface area (Å²) in [5, 5.41) is 0. The molecule has 0 aliphatic heterocycles. The molecule has 39 heavy (non-hydrogen) atoms. The predicted octanol–water partition coefficient (Wildman–Crippen LogP) is 4.81. The summed E-state index contributed by atoms with van der Waals surface area (Å²) in [7, 11) is 0. The molecule has 0 aliphatic rings. The third-order valence-corrected chi connectivity index (χ3v) is 5.12. The maximum absolute atomic E-state index is 12.4. The van der Waals surface area contributed by atoms with Gasteiger partial charge in [0.1, 0.15) is 18.8 Å². The van der Waals surface area contributed by atoms with E-state index in [0.29, 0.717) is 12.0 Å². The average molecular weight is 554 g/mol. The Bertz CT molecular complexity index is 946. The number of hydrogen-bond donors (Lipinski definition) is 1. The molecule has 220 valence electrons. The first-order valence-electron chi connectivity index (χ1n) is 13.3. The topological polar surface area (TPSA) is 150 Å². The summed E-state index contributed by atoms with van der Waals surface area (Å²) in [5.41, 5.74) is 6.53. The number of nitrogens with two attached hydrogens (primary N) is 1. The van der Waals surface area contributed by atoms with Gasteiger partial charge in [-0.05, 0) is 49.3 Å². The fourth-order valence-electron chi connectivity index (χ4n) is 3.09. The first kappa shape index (κ1) is 33.7. The van der Waals surface area contributed by atoms with Crippen molar-refractivity contribution in [3.63, 3.8) is 0 Å². The van der Waals surface area contributed by atoms with Gasteiger partial charge in [-0.1, -0.05) is 54.0 Å². The van der Waals surface area contributed by atoms with Gasteiger partial charge >= 0.3 is 24.2 Å². The molecule has 0 radical (unpaired) electrons. The fraction of sp³-hybridized carbons (Fsp3) is 0.643. The largest absolute Gasteiger partial charge is 0.513 e. The minimum Gasteiger partial charge on any atom is -0.461 e. The van der Waals surface area contributed by atoms with Crippen LogP contribution in [-0.2, 0) is 35.0 Å². The van der Waals surface area contributed by atoms with E-state index < -0.39 is 30.4 Å². The van der Waals surface area contributed by atoms with Crippen molar-refractivity contribution >= 4 is 24.2 Å². The molecule has 3 atom stereocenters. The molecule has 0 amide bonds. The molecule has 11 heteroatoms. The number of benzene rings is 1. The lowest BCUT2D eigenvalue weighted by molar-refractivity contribution is -0.161. The van der Waals surface area contributed by atoms with Crippen molar-refractivity contribution in [2.45, 2.75) is 79.9 Å². The highest BCUT2D eigenvalue weighted by Gasteiger charge is 2.22. The van der Waals surface area contributed by atoms with Crippen molar-refractivity contribution in [2.24, 2.45) is 23.5 Å². The van der Waals surface area contributed by atoms with Gasteiger partial charge in [0.15, 0.2) is 11.5 Å². The minimum absolute atomic E-state index is 0.0238. The Kier molecular flexibility index (Phi) is 14.9. The maximum atomic E-state index is 12.4. The van der Waals surface area contributed by atoms with Crippen LogP contribution in [0.3, 0.4) is 0 Å². The zero-order valence-electron chi connectivity index (χ0n) is 24.0. The molecule has 1 aromatic carbocycles. The van der Waals surface area contributed by atoms with Crippen LogP contribution in [0.15, 0.2) is 18.2 Å². The molecule has 0 saturated heterocycles. The summed E-state index contributed by atoms with van der Waals surface area (Å²) in [6.45, 7) is 13.0. The van der Waals surface area contributed by atoms with Crippen molar-refractivity contribution in [1.29, 1.82) is 0 Å². The lowest BCUT2D eigenvalue weighted by atomic mass is 10.1. The van der Waals surface area contributed by atoms with Crippen molar-refractivity contribution < 1.29 is 47.6 Å². The number of carbonyl (C=O) groups excluding carboxylic acids is 4. The number of ether oxygens (including phenoxy) is 6. The number of esters is 2. The second kappa shape index (κ2) is 17.3. The highest BCUT2D eigenvalue weighted by molar-refractivity contribution is 5.76. The molecule has 2 N–H and O–H groups in total. The summed E-state index contributed by atoms with van der Waals surface area (Å²) in [4.78, 5) is 48.7. The Morgan fingerprint density at radius 3 is 1.87 bits per heavy atom. The van der Waals surface area contributed by atoms with Crippen LogP contribution in [0.4, 0.5) is 9.59 Å². The molecule has 0 bridgehead atoms. The van der Waals surface area contributed by atoms with Gasteiger partial charge in [-0.15, -0.1) is 0 Å². The first-order valence-corrected chi connectivity index (χ1v) is 13.3. The molecular weight excluding hydrogens is 510 g/mol. The van der Waals surface area contributed by atoms with Crippen LogP contribution < -0.4 is 15.2 Å². The van der Waals surface area contributed by atoms with Crippen LogP contribution in [-0.4, -0.2) is 56.2 Å². The quantitative estimate of drug-likeness (QED) is 0.181. The van der Waals surface area contributed by atoms with Gasteiger partial charge in [0, 0.05) is 0 Å².